The van der Waals surface area contributed by atoms with Crippen molar-refractivity contribution in [2.75, 3.05) is 11.4 Å². The zero-order valence-corrected chi connectivity index (χ0v) is 16.6. The van der Waals surface area contributed by atoms with E-state index in [4.69, 9.17) is 4.98 Å². The Bertz CT molecular complexity index is 1180. The lowest BCUT2D eigenvalue weighted by Crippen LogP contribution is -2.40. The van der Waals surface area contributed by atoms with Crippen molar-refractivity contribution < 1.29 is 0 Å². The number of hydrogen-bond donors (Lipinski definition) is 0. The number of aromatic nitrogens is 4. The van der Waals surface area contributed by atoms with E-state index in [9.17, 15) is 9.59 Å². The first-order valence-electron chi connectivity index (χ1n) is 9.63. The van der Waals surface area contributed by atoms with Crippen LogP contribution in [0.15, 0.2) is 46.0 Å². The van der Waals surface area contributed by atoms with Crippen LogP contribution in [0.1, 0.15) is 25.8 Å². The topological polar surface area (TPSA) is 65.1 Å². The number of anilines is 2. The molecule has 146 valence electrons. The normalized spacial score (nSPS) is 13.8. The predicted octanol–water partition coefficient (Wildman–Crippen LogP) is 2.58. The van der Waals surface area contributed by atoms with E-state index in [-0.39, 0.29) is 17.8 Å². The lowest BCUT2D eigenvalue weighted by atomic mass is 10.1. The van der Waals surface area contributed by atoms with E-state index in [2.05, 4.69) is 42.7 Å². The number of benzene rings is 1. The summed E-state index contributed by atoms with van der Waals surface area (Å²) < 4.78 is 4.65. The van der Waals surface area contributed by atoms with E-state index in [0.29, 0.717) is 23.7 Å². The van der Waals surface area contributed by atoms with Gasteiger partial charge in [-0.1, -0.05) is 31.2 Å². The van der Waals surface area contributed by atoms with Crippen molar-refractivity contribution in [2.24, 2.45) is 7.05 Å². The summed E-state index contributed by atoms with van der Waals surface area (Å²) in [5.41, 5.74) is 3.32. The second-order valence-corrected chi connectivity index (χ2v) is 7.45. The largest absolute Gasteiger partial charge is 0.332 e. The molecular formula is C21H25N5O2. The molecule has 0 N–H and O–H groups in total. The highest BCUT2D eigenvalue weighted by Gasteiger charge is 2.26. The van der Waals surface area contributed by atoms with Crippen LogP contribution in [0.2, 0.25) is 0 Å². The second-order valence-electron chi connectivity index (χ2n) is 7.45. The van der Waals surface area contributed by atoms with Crippen LogP contribution in [-0.4, -0.2) is 25.2 Å². The van der Waals surface area contributed by atoms with Gasteiger partial charge in [0.05, 0.1) is 6.54 Å². The molecule has 0 amide bonds. The highest BCUT2D eigenvalue weighted by Crippen LogP contribution is 2.31. The van der Waals surface area contributed by atoms with Gasteiger partial charge in [0.15, 0.2) is 11.2 Å². The van der Waals surface area contributed by atoms with Gasteiger partial charge in [-0.05, 0) is 37.5 Å². The Morgan fingerprint density at radius 2 is 1.89 bits per heavy atom. The van der Waals surface area contributed by atoms with E-state index < -0.39 is 0 Å². The second kappa shape index (κ2) is 6.82. The molecule has 1 aliphatic rings. The summed E-state index contributed by atoms with van der Waals surface area (Å²) in [4.78, 5) is 32.7. The van der Waals surface area contributed by atoms with Crippen molar-refractivity contribution >= 4 is 22.8 Å². The van der Waals surface area contributed by atoms with Crippen molar-refractivity contribution in [3.05, 3.63) is 62.8 Å². The van der Waals surface area contributed by atoms with Gasteiger partial charge in [0.1, 0.15) is 0 Å². The first kappa shape index (κ1) is 18.3. The van der Waals surface area contributed by atoms with Crippen LogP contribution >= 0.6 is 0 Å². The van der Waals surface area contributed by atoms with Gasteiger partial charge >= 0.3 is 5.69 Å². The highest BCUT2D eigenvalue weighted by molar-refractivity contribution is 5.77. The van der Waals surface area contributed by atoms with Crippen LogP contribution in [-0.2, 0) is 26.6 Å². The number of allylic oxidation sites excluding steroid dienone is 1. The van der Waals surface area contributed by atoms with E-state index in [1.165, 1.54) is 14.7 Å². The minimum Gasteiger partial charge on any atom is -0.312 e. The monoisotopic (exact) mass is 379 g/mol. The molecule has 7 nitrogen and oxygen atoms in total. The van der Waals surface area contributed by atoms with Gasteiger partial charge in [-0.15, -0.1) is 0 Å². The van der Waals surface area contributed by atoms with E-state index in [1.54, 1.807) is 7.05 Å². The molecule has 3 heterocycles. The van der Waals surface area contributed by atoms with Gasteiger partial charge in [0.2, 0.25) is 5.95 Å². The van der Waals surface area contributed by atoms with Crippen LogP contribution in [0.4, 0.5) is 11.6 Å². The lowest BCUT2D eigenvalue weighted by Gasteiger charge is -2.29. The summed E-state index contributed by atoms with van der Waals surface area (Å²) >= 11 is 0. The fourth-order valence-electron chi connectivity index (χ4n) is 3.83. The molecular weight excluding hydrogens is 354 g/mol. The van der Waals surface area contributed by atoms with Crippen molar-refractivity contribution in [2.45, 2.75) is 39.8 Å². The summed E-state index contributed by atoms with van der Waals surface area (Å²) in [7, 11) is 1.67. The molecule has 28 heavy (non-hydrogen) atoms. The third-order valence-corrected chi connectivity index (χ3v) is 5.30. The van der Waals surface area contributed by atoms with Gasteiger partial charge in [-0.25, -0.2) is 4.79 Å². The summed E-state index contributed by atoms with van der Waals surface area (Å²) in [6, 6.07) is 8.41. The fraction of sp³-hybridized carbons (Fsp3) is 0.381. The first-order chi connectivity index (χ1) is 13.4. The van der Waals surface area contributed by atoms with Gasteiger partial charge in [-0.3, -0.25) is 13.9 Å². The molecule has 0 saturated heterocycles. The van der Waals surface area contributed by atoms with E-state index in [0.717, 1.165) is 30.6 Å². The molecule has 1 aromatic carbocycles. The molecule has 0 fully saturated rings. The molecule has 0 saturated carbocycles. The number of imidazole rings is 1. The minimum atomic E-state index is -0.366. The molecule has 0 radical (unpaired) electrons. The summed E-state index contributed by atoms with van der Waals surface area (Å²) in [6.07, 6.45) is 1.89. The van der Waals surface area contributed by atoms with E-state index in [1.807, 2.05) is 11.5 Å². The molecule has 0 spiro atoms. The Morgan fingerprint density at radius 1 is 1.18 bits per heavy atom. The smallest absolute Gasteiger partial charge is 0.312 e. The summed E-state index contributed by atoms with van der Waals surface area (Å²) in [6.45, 7) is 9.52. The SMILES string of the molecule is C=C(C)Cn1c(=O)c2c(nc3n2CCCN3c2ccc(CC)cc2)n(C)c1=O. The molecule has 7 heteroatoms. The quantitative estimate of drug-likeness (QED) is 0.654. The van der Waals surface area contributed by atoms with Gasteiger partial charge in [-0.2, -0.15) is 4.98 Å². The zero-order valence-electron chi connectivity index (χ0n) is 16.6. The maximum absolute atomic E-state index is 13.1. The number of aryl methyl sites for hydroxylation is 3. The summed E-state index contributed by atoms with van der Waals surface area (Å²) in [5, 5.41) is 0. The standard InChI is InChI=1S/C21H25N5O2/c1-5-15-7-9-16(10-8-15)24-11-6-12-25-17-18(22-20(24)25)23(4)21(28)26(19(17)27)13-14(2)3/h7-10H,2,5-6,11-13H2,1,3-4H3. The predicted molar refractivity (Wildman–Crippen MR) is 111 cm³/mol. The maximum Gasteiger partial charge on any atom is 0.332 e. The average Bonchev–Trinajstić information content (AvgIpc) is 3.09. The molecule has 1 aliphatic heterocycles. The van der Waals surface area contributed by atoms with Crippen LogP contribution in [0.5, 0.6) is 0 Å². The third-order valence-electron chi connectivity index (χ3n) is 5.30. The Balaban J connectivity index is 1.94. The molecule has 0 atom stereocenters. The zero-order chi connectivity index (χ0) is 20.0. The number of rotatable bonds is 4. The maximum atomic E-state index is 13.1. The Labute approximate surface area is 163 Å². The van der Waals surface area contributed by atoms with Crippen LogP contribution < -0.4 is 16.1 Å². The van der Waals surface area contributed by atoms with Crippen molar-refractivity contribution in [3.63, 3.8) is 0 Å². The third kappa shape index (κ3) is 2.78. The highest BCUT2D eigenvalue weighted by atomic mass is 16.2. The number of nitrogens with zero attached hydrogens (tertiary/aromatic N) is 5. The minimum absolute atomic E-state index is 0.212. The van der Waals surface area contributed by atoms with Crippen molar-refractivity contribution in [1.29, 1.82) is 0 Å². The Morgan fingerprint density at radius 3 is 2.54 bits per heavy atom. The Hall–Kier alpha value is -3.09. The van der Waals surface area contributed by atoms with E-state index >= 15 is 0 Å². The lowest BCUT2D eigenvalue weighted by molar-refractivity contribution is 0.597. The average molecular weight is 379 g/mol. The molecule has 0 bridgehead atoms. The van der Waals surface area contributed by atoms with Gasteiger partial charge in [0.25, 0.3) is 5.56 Å². The summed E-state index contributed by atoms with van der Waals surface area (Å²) in [5.74, 6) is 0.714. The fourth-order valence-corrected chi connectivity index (χ4v) is 3.83. The van der Waals surface area contributed by atoms with Crippen LogP contribution in [0, 0.1) is 0 Å². The van der Waals surface area contributed by atoms with Gasteiger partial charge < -0.3 is 9.47 Å². The molecule has 4 rings (SSSR count). The molecule has 0 unspecified atom stereocenters. The first-order valence-corrected chi connectivity index (χ1v) is 9.63. The molecule has 0 aliphatic carbocycles. The number of fused-ring (bicyclic) bond motifs is 3. The molecule has 3 aromatic rings. The van der Waals surface area contributed by atoms with Crippen LogP contribution in [0.3, 0.4) is 0 Å². The van der Waals surface area contributed by atoms with Crippen molar-refractivity contribution in [1.82, 2.24) is 18.7 Å². The van der Waals surface area contributed by atoms with Crippen molar-refractivity contribution in [3.8, 4) is 0 Å². The van der Waals surface area contributed by atoms with Crippen LogP contribution in [0.25, 0.3) is 11.2 Å². The Kier molecular flexibility index (Phi) is 4.45. The van der Waals surface area contributed by atoms with Gasteiger partial charge in [0, 0.05) is 25.8 Å². The number of hydrogen-bond acceptors (Lipinski definition) is 4. The molecule has 2 aromatic heterocycles.